The summed E-state index contributed by atoms with van der Waals surface area (Å²) in [5.41, 5.74) is 0. The number of carbonyl (C=O) groups is 2. The Balaban J connectivity index is 4.17. The summed E-state index contributed by atoms with van der Waals surface area (Å²) in [5, 5.41) is 0. The predicted molar refractivity (Wildman–Crippen MR) is 129 cm³/mol. The van der Waals surface area contributed by atoms with Crippen LogP contribution in [0, 0.1) is 0 Å². The molecular weight excluding hydrogens is 447 g/mol. The molecule has 0 saturated carbocycles. The van der Waals surface area contributed by atoms with Gasteiger partial charge in [-0.1, -0.05) is 76.9 Å². The van der Waals surface area contributed by atoms with E-state index in [9.17, 15) is 14.2 Å². The lowest BCUT2D eigenvalue weighted by Gasteiger charge is -2.18. The summed E-state index contributed by atoms with van der Waals surface area (Å²) in [6.07, 6.45) is 17.1. The molecule has 0 amide bonds. The molecule has 0 rings (SSSR count). The largest absolute Gasteiger partial charge is 0.469 e. The molecule has 0 unspecified atom stereocenters. The Hall–Kier alpha value is -1.21. The van der Waals surface area contributed by atoms with E-state index in [0.29, 0.717) is 6.42 Å². The summed E-state index contributed by atoms with van der Waals surface area (Å²) in [6, 6.07) is 0. The van der Waals surface area contributed by atoms with Gasteiger partial charge < -0.3 is 19.3 Å². The minimum Gasteiger partial charge on any atom is -0.462 e. The number of unbranched alkanes of at least 4 members (excludes halogenated alkanes) is 11. The summed E-state index contributed by atoms with van der Waals surface area (Å²) in [4.78, 5) is 41.9. The van der Waals surface area contributed by atoms with E-state index in [-0.39, 0.29) is 19.4 Å². The van der Waals surface area contributed by atoms with E-state index in [1.165, 1.54) is 19.3 Å². The van der Waals surface area contributed by atoms with Gasteiger partial charge in [0.1, 0.15) is 6.61 Å². The second kappa shape index (κ2) is 21.3. The molecule has 0 aliphatic rings. The number of ether oxygens (including phenoxy) is 2. The Bertz CT molecular complexity index is 573. The van der Waals surface area contributed by atoms with Crippen LogP contribution in [0.2, 0.25) is 0 Å². The van der Waals surface area contributed by atoms with Gasteiger partial charge in [0.15, 0.2) is 6.10 Å². The van der Waals surface area contributed by atoms with E-state index in [4.69, 9.17) is 19.3 Å². The smallest absolute Gasteiger partial charge is 0.462 e. The second-order valence-electron chi connectivity index (χ2n) is 8.33. The minimum absolute atomic E-state index is 0.202. The molecule has 0 saturated heterocycles. The lowest BCUT2D eigenvalue weighted by atomic mass is 10.1. The minimum atomic E-state index is -4.72. The van der Waals surface area contributed by atoms with Crippen LogP contribution >= 0.6 is 7.82 Å². The van der Waals surface area contributed by atoms with Crippen LogP contribution in [-0.2, 0) is 28.2 Å². The monoisotopic (exact) mass is 492 g/mol. The van der Waals surface area contributed by atoms with Crippen molar-refractivity contribution in [2.75, 3.05) is 13.2 Å². The third kappa shape index (κ3) is 23.7. The van der Waals surface area contributed by atoms with Crippen LogP contribution in [0.1, 0.15) is 110 Å². The van der Waals surface area contributed by atoms with Gasteiger partial charge in [-0.3, -0.25) is 14.1 Å². The number of hydrogen-bond donors (Lipinski definition) is 2. The molecule has 0 spiro atoms. The lowest BCUT2D eigenvalue weighted by Crippen LogP contribution is -2.29. The zero-order valence-electron chi connectivity index (χ0n) is 20.5. The molecule has 0 radical (unpaired) electrons. The van der Waals surface area contributed by atoms with Gasteiger partial charge in [-0.05, 0) is 32.6 Å². The highest BCUT2D eigenvalue weighted by molar-refractivity contribution is 7.46. The topological polar surface area (TPSA) is 119 Å². The normalized spacial score (nSPS) is 12.7. The number of carbonyl (C=O) groups excluding carboxylic acids is 2. The number of phosphoric acid groups is 1. The number of rotatable bonds is 22. The molecule has 194 valence electrons. The number of esters is 2. The van der Waals surface area contributed by atoms with E-state index < -0.39 is 32.5 Å². The van der Waals surface area contributed by atoms with Crippen molar-refractivity contribution < 1.29 is 37.9 Å². The first kappa shape index (κ1) is 31.8. The van der Waals surface area contributed by atoms with Crippen molar-refractivity contribution in [1.82, 2.24) is 0 Å². The fraction of sp³-hybridized carbons (Fsp3) is 0.833. The summed E-state index contributed by atoms with van der Waals surface area (Å²) in [7, 11) is -4.72. The zero-order chi connectivity index (χ0) is 24.8. The Labute approximate surface area is 199 Å². The van der Waals surface area contributed by atoms with Gasteiger partial charge in [0.2, 0.25) is 0 Å². The first-order valence-electron chi connectivity index (χ1n) is 12.4. The van der Waals surface area contributed by atoms with Crippen LogP contribution in [0.25, 0.3) is 0 Å². The second-order valence-corrected chi connectivity index (χ2v) is 9.57. The van der Waals surface area contributed by atoms with Crippen LogP contribution in [0.15, 0.2) is 12.2 Å². The van der Waals surface area contributed by atoms with E-state index in [0.717, 1.165) is 57.8 Å². The first-order chi connectivity index (χ1) is 15.8. The van der Waals surface area contributed by atoms with Crippen molar-refractivity contribution in [2.45, 2.75) is 116 Å². The number of allylic oxidation sites excluding steroid dienone is 2. The van der Waals surface area contributed by atoms with Crippen molar-refractivity contribution in [3.8, 4) is 0 Å². The summed E-state index contributed by atoms with van der Waals surface area (Å²) in [5.74, 6) is -0.912. The highest BCUT2D eigenvalue weighted by Gasteiger charge is 2.22. The van der Waals surface area contributed by atoms with Gasteiger partial charge in [0, 0.05) is 12.8 Å². The standard InChI is InChI=1S/C24H45O8P/c1-3-5-7-9-11-13-15-17-19-24(26)32-22(21-31-33(27,28)29)20-30-23(25)18-16-14-12-10-8-6-4-2/h3,5,22H,4,6-21H2,1-2H3,(H2,27,28,29)/b5-3+/t22-/m1/s1. The quantitative estimate of drug-likeness (QED) is 0.0817. The van der Waals surface area contributed by atoms with Gasteiger partial charge in [0.25, 0.3) is 0 Å². The first-order valence-corrected chi connectivity index (χ1v) is 14.0. The van der Waals surface area contributed by atoms with Crippen LogP contribution in [0.3, 0.4) is 0 Å². The third-order valence-electron chi connectivity index (χ3n) is 5.13. The van der Waals surface area contributed by atoms with Crippen molar-refractivity contribution in [1.29, 1.82) is 0 Å². The molecule has 0 aromatic carbocycles. The van der Waals surface area contributed by atoms with E-state index in [2.05, 4.69) is 17.5 Å². The molecule has 0 bridgehead atoms. The Morgan fingerprint density at radius 1 is 0.818 bits per heavy atom. The SMILES string of the molecule is C/C=C/CCCCCCCC(=O)O[C@H](COC(=O)CCCCCCCCC)COP(=O)(O)O. The Kier molecular flexibility index (Phi) is 20.5. The fourth-order valence-electron chi connectivity index (χ4n) is 3.25. The maximum absolute atomic E-state index is 12.1. The molecular formula is C24H45O8P. The van der Waals surface area contributed by atoms with Crippen LogP contribution in [0.4, 0.5) is 0 Å². The van der Waals surface area contributed by atoms with Crippen molar-refractivity contribution >= 4 is 19.8 Å². The van der Waals surface area contributed by atoms with Crippen molar-refractivity contribution in [2.24, 2.45) is 0 Å². The highest BCUT2D eigenvalue weighted by atomic mass is 31.2. The predicted octanol–water partition coefficient (Wildman–Crippen LogP) is 6.00. The van der Waals surface area contributed by atoms with Crippen LogP contribution in [0.5, 0.6) is 0 Å². The van der Waals surface area contributed by atoms with Gasteiger partial charge >= 0.3 is 19.8 Å². The molecule has 0 aromatic heterocycles. The highest BCUT2D eigenvalue weighted by Crippen LogP contribution is 2.35. The van der Waals surface area contributed by atoms with E-state index in [1.807, 2.05) is 13.0 Å². The molecule has 1 atom stereocenters. The number of hydrogen-bond acceptors (Lipinski definition) is 6. The molecule has 0 aliphatic heterocycles. The molecule has 8 nitrogen and oxygen atoms in total. The molecule has 2 N–H and O–H groups in total. The third-order valence-corrected chi connectivity index (χ3v) is 5.61. The molecule has 0 fully saturated rings. The van der Waals surface area contributed by atoms with Crippen molar-refractivity contribution in [3.05, 3.63) is 12.2 Å². The van der Waals surface area contributed by atoms with Gasteiger partial charge in [-0.15, -0.1) is 0 Å². The molecule has 0 aromatic rings. The van der Waals surface area contributed by atoms with Gasteiger partial charge in [-0.25, -0.2) is 4.57 Å². The Morgan fingerprint density at radius 3 is 1.94 bits per heavy atom. The van der Waals surface area contributed by atoms with E-state index >= 15 is 0 Å². The van der Waals surface area contributed by atoms with Crippen LogP contribution in [-0.4, -0.2) is 41.0 Å². The molecule has 9 heteroatoms. The van der Waals surface area contributed by atoms with Gasteiger partial charge in [0.05, 0.1) is 6.61 Å². The maximum Gasteiger partial charge on any atom is 0.469 e. The number of phosphoric ester groups is 1. The summed E-state index contributed by atoms with van der Waals surface area (Å²) < 4.78 is 25.8. The molecule has 33 heavy (non-hydrogen) atoms. The van der Waals surface area contributed by atoms with E-state index in [1.54, 1.807) is 0 Å². The average Bonchev–Trinajstić information content (AvgIpc) is 2.76. The molecule has 0 aliphatic carbocycles. The van der Waals surface area contributed by atoms with Crippen LogP contribution < -0.4 is 0 Å². The summed E-state index contributed by atoms with van der Waals surface area (Å²) >= 11 is 0. The molecule has 0 heterocycles. The fourth-order valence-corrected chi connectivity index (χ4v) is 3.61. The zero-order valence-corrected chi connectivity index (χ0v) is 21.4. The lowest BCUT2D eigenvalue weighted by molar-refractivity contribution is -0.161. The van der Waals surface area contributed by atoms with Gasteiger partial charge in [-0.2, -0.15) is 0 Å². The summed E-state index contributed by atoms with van der Waals surface area (Å²) in [6.45, 7) is 3.35. The average molecular weight is 493 g/mol. The van der Waals surface area contributed by atoms with Crippen molar-refractivity contribution in [3.63, 3.8) is 0 Å². The maximum atomic E-state index is 12.1. The Morgan fingerprint density at radius 2 is 1.36 bits per heavy atom.